The SMILES string of the molecule is CCOC(=O)C1=C(O)/C(=C/c2ccccc2OCC(=O)O)SC1=Nc1ccc(Cl)cc1. The lowest BCUT2D eigenvalue weighted by Gasteiger charge is -2.07. The van der Waals surface area contributed by atoms with Crippen LogP contribution < -0.4 is 4.74 Å². The fourth-order valence-corrected chi connectivity index (χ4v) is 3.79. The number of para-hydroxylation sites is 1. The molecule has 2 N–H and O–H groups in total. The average molecular weight is 460 g/mol. The molecule has 31 heavy (non-hydrogen) atoms. The Morgan fingerprint density at radius 2 is 1.87 bits per heavy atom. The van der Waals surface area contributed by atoms with Gasteiger partial charge >= 0.3 is 11.9 Å². The van der Waals surface area contributed by atoms with Crippen LogP contribution in [0.2, 0.25) is 5.02 Å². The van der Waals surface area contributed by atoms with Crippen molar-refractivity contribution < 1.29 is 29.3 Å². The van der Waals surface area contributed by atoms with E-state index in [1.807, 2.05) is 0 Å². The van der Waals surface area contributed by atoms with Crippen molar-refractivity contribution in [3.8, 4) is 5.75 Å². The van der Waals surface area contributed by atoms with E-state index in [2.05, 4.69) is 4.99 Å². The molecule has 1 heterocycles. The minimum absolute atomic E-state index is 0.0445. The van der Waals surface area contributed by atoms with Gasteiger partial charge < -0.3 is 19.7 Å². The zero-order chi connectivity index (χ0) is 22.4. The van der Waals surface area contributed by atoms with Crippen LogP contribution in [0.25, 0.3) is 6.08 Å². The van der Waals surface area contributed by atoms with E-state index in [1.54, 1.807) is 61.5 Å². The zero-order valence-corrected chi connectivity index (χ0v) is 17.9. The Morgan fingerprint density at radius 3 is 2.55 bits per heavy atom. The maximum atomic E-state index is 12.5. The van der Waals surface area contributed by atoms with Crippen LogP contribution in [0.4, 0.5) is 5.69 Å². The number of thioether (sulfide) groups is 1. The van der Waals surface area contributed by atoms with Gasteiger partial charge in [0, 0.05) is 10.6 Å². The van der Waals surface area contributed by atoms with Gasteiger partial charge in [0.15, 0.2) is 6.61 Å². The molecule has 3 rings (SSSR count). The van der Waals surface area contributed by atoms with E-state index in [0.717, 1.165) is 11.8 Å². The quantitative estimate of drug-likeness (QED) is 0.561. The minimum Gasteiger partial charge on any atom is -0.506 e. The molecule has 7 nitrogen and oxygen atoms in total. The van der Waals surface area contributed by atoms with Gasteiger partial charge in [0.25, 0.3) is 0 Å². The van der Waals surface area contributed by atoms with Crippen molar-refractivity contribution in [3.05, 3.63) is 75.4 Å². The van der Waals surface area contributed by atoms with Crippen molar-refractivity contribution >= 4 is 52.1 Å². The number of halogens is 1. The van der Waals surface area contributed by atoms with E-state index >= 15 is 0 Å². The highest BCUT2D eigenvalue weighted by Gasteiger charge is 2.33. The fraction of sp³-hybridized carbons (Fsp3) is 0.136. The average Bonchev–Trinajstić information content (AvgIpc) is 3.04. The molecule has 0 atom stereocenters. The third-order valence-corrected chi connectivity index (χ3v) is 5.26. The molecule has 0 bridgehead atoms. The molecule has 0 unspecified atom stereocenters. The number of carboxylic acid groups (broad SMARTS) is 1. The van der Waals surface area contributed by atoms with E-state index in [9.17, 15) is 14.7 Å². The maximum Gasteiger partial charge on any atom is 0.344 e. The van der Waals surface area contributed by atoms with Crippen LogP contribution in [-0.2, 0) is 14.3 Å². The number of esters is 1. The number of carbonyl (C=O) groups is 2. The first-order chi connectivity index (χ1) is 14.9. The summed E-state index contributed by atoms with van der Waals surface area (Å²) in [5.74, 6) is -1.75. The summed E-state index contributed by atoms with van der Waals surface area (Å²) in [4.78, 5) is 28.1. The predicted octanol–water partition coefficient (Wildman–Crippen LogP) is 5.00. The number of rotatable bonds is 7. The molecule has 0 saturated heterocycles. The molecule has 0 spiro atoms. The lowest BCUT2D eigenvalue weighted by molar-refractivity contribution is -0.139. The summed E-state index contributed by atoms with van der Waals surface area (Å²) in [6.07, 6.45) is 1.60. The summed E-state index contributed by atoms with van der Waals surface area (Å²) in [5, 5.41) is 20.4. The van der Waals surface area contributed by atoms with Crippen LogP contribution in [0, 0.1) is 0 Å². The number of aliphatic imine (C=N–C) groups is 1. The van der Waals surface area contributed by atoms with Gasteiger partial charge in [-0.3, -0.25) is 0 Å². The summed E-state index contributed by atoms with van der Waals surface area (Å²) < 4.78 is 10.4. The number of carbonyl (C=O) groups excluding carboxylic acids is 1. The first-order valence-electron chi connectivity index (χ1n) is 9.17. The number of benzene rings is 2. The molecule has 2 aromatic carbocycles. The predicted molar refractivity (Wildman–Crippen MR) is 120 cm³/mol. The number of hydrogen-bond acceptors (Lipinski definition) is 7. The van der Waals surface area contributed by atoms with Gasteiger partial charge in [-0.25, -0.2) is 14.6 Å². The largest absolute Gasteiger partial charge is 0.506 e. The van der Waals surface area contributed by atoms with Crippen molar-refractivity contribution in [2.24, 2.45) is 4.99 Å². The van der Waals surface area contributed by atoms with Gasteiger partial charge in [-0.05, 0) is 43.3 Å². The van der Waals surface area contributed by atoms with E-state index < -0.39 is 18.5 Å². The van der Waals surface area contributed by atoms with E-state index in [4.69, 9.17) is 26.2 Å². The number of aliphatic hydroxyl groups is 1. The lowest BCUT2D eigenvalue weighted by atomic mass is 10.1. The molecule has 1 aliphatic heterocycles. The Balaban J connectivity index is 2.01. The minimum atomic E-state index is -1.11. The highest BCUT2D eigenvalue weighted by Crippen LogP contribution is 2.41. The molecule has 9 heteroatoms. The standard InChI is InChI=1S/C22H18ClNO6S/c1-2-29-22(28)19-20(27)17(31-21(19)24-15-9-7-14(23)8-10-15)11-13-5-3-4-6-16(13)30-12-18(25)26/h3-11,27H,2,12H2,1H3,(H,25,26)/b17-11-,24-21?. The van der Waals surface area contributed by atoms with Crippen LogP contribution in [0.5, 0.6) is 5.75 Å². The molecule has 0 saturated carbocycles. The molecule has 0 fully saturated rings. The lowest BCUT2D eigenvalue weighted by Crippen LogP contribution is -2.12. The van der Waals surface area contributed by atoms with Crippen molar-refractivity contribution in [3.63, 3.8) is 0 Å². The summed E-state index contributed by atoms with van der Waals surface area (Å²) in [5.41, 5.74) is 1.04. The molecule has 0 aromatic heterocycles. The first-order valence-corrected chi connectivity index (χ1v) is 10.4. The topological polar surface area (TPSA) is 105 Å². The summed E-state index contributed by atoms with van der Waals surface area (Å²) in [6.45, 7) is 1.30. The second-order valence-electron chi connectivity index (χ2n) is 6.17. The van der Waals surface area contributed by atoms with Crippen LogP contribution in [0.1, 0.15) is 12.5 Å². The molecule has 2 aromatic rings. The number of aliphatic carboxylic acids is 1. The monoisotopic (exact) mass is 459 g/mol. The third kappa shape index (κ3) is 5.68. The molecule has 0 aliphatic carbocycles. The Morgan fingerprint density at radius 1 is 1.16 bits per heavy atom. The third-order valence-electron chi connectivity index (χ3n) is 3.98. The van der Waals surface area contributed by atoms with Crippen molar-refractivity contribution in [1.29, 1.82) is 0 Å². The van der Waals surface area contributed by atoms with Gasteiger partial charge in [0.2, 0.25) is 0 Å². The number of aliphatic hydroxyl groups excluding tert-OH is 1. The van der Waals surface area contributed by atoms with E-state index in [1.165, 1.54) is 0 Å². The number of hydrogen-bond donors (Lipinski definition) is 2. The highest BCUT2D eigenvalue weighted by molar-refractivity contribution is 8.18. The zero-order valence-electron chi connectivity index (χ0n) is 16.4. The van der Waals surface area contributed by atoms with Crippen molar-refractivity contribution in [2.45, 2.75) is 6.92 Å². The van der Waals surface area contributed by atoms with Gasteiger partial charge in [-0.15, -0.1) is 0 Å². The van der Waals surface area contributed by atoms with Gasteiger partial charge in [-0.1, -0.05) is 41.6 Å². The van der Waals surface area contributed by atoms with Gasteiger partial charge in [0.1, 0.15) is 22.1 Å². The van der Waals surface area contributed by atoms with Crippen molar-refractivity contribution in [1.82, 2.24) is 0 Å². The second-order valence-corrected chi connectivity index (χ2v) is 7.64. The summed E-state index contributed by atoms with van der Waals surface area (Å²) >= 11 is 7.00. The van der Waals surface area contributed by atoms with Gasteiger partial charge in [-0.2, -0.15) is 0 Å². The number of nitrogens with zero attached hydrogens (tertiary/aromatic N) is 1. The molecule has 1 aliphatic rings. The first kappa shape index (κ1) is 22.5. The molecule has 160 valence electrons. The second kappa shape index (κ2) is 10.2. The molecular formula is C22H18ClNO6S. The van der Waals surface area contributed by atoms with Crippen LogP contribution in [-0.4, -0.2) is 40.4 Å². The summed E-state index contributed by atoms with van der Waals surface area (Å²) in [7, 11) is 0. The van der Waals surface area contributed by atoms with E-state index in [-0.39, 0.29) is 23.0 Å². The fourth-order valence-electron chi connectivity index (χ4n) is 2.64. The number of ether oxygens (including phenoxy) is 2. The van der Waals surface area contributed by atoms with Crippen LogP contribution in [0.3, 0.4) is 0 Å². The Hall–Kier alpha value is -3.23. The number of carboxylic acids is 1. The Bertz CT molecular complexity index is 1090. The van der Waals surface area contributed by atoms with Crippen molar-refractivity contribution in [2.75, 3.05) is 13.2 Å². The van der Waals surface area contributed by atoms with E-state index in [0.29, 0.717) is 26.9 Å². The Kier molecular flexibility index (Phi) is 7.38. The van der Waals surface area contributed by atoms with Gasteiger partial charge in [0.05, 0.1) is 17.2 Å². The Labute approximate surface area is 187 Å². The van der Waals surface area contributed by atoms with Crippen LogP contribution in [0.15, 0.2) is 69.8 Å². The molecule has 0 amide bonds. The molecular weight excluding hydrogens is 442 g/mol. The normalized spacial score (nSPS) is 16.1. The maximum absolute atomic E-state index is 12.5. The summed E-state index contributed by atoms with van der Waals surface area (Å²) in [6, 6.07) is 13.5. The smallest absolute Gasteiger partial charge is 0.344 e. The molecule has 0 radical (unpaired) electrons. The highest BCUT2D eigenvalue weighted by atomic mass is 35.5. The van der Waals surface area contributed by atoms with Crippen LogP contribution >= 0.6 is 23.4 Å².